The van der Waals surface area contributed by atoms with Crippen molar-refractivity contribution in [2.75, 3.05) is 20.1 Å². The monoisotopic (exact) mass is 239 g/mol. The zero-order valence-electron chi connectivity index (χ0n) is 10.8. The van der Waals surface area contributed by atoms with Crippen LogP contribution < -0.4 is 11.1 Å². The van der Waals surface area contributed by atoms with E-state index >= 15 is 0 Å². The maximum Gasteiger partial charge on any atom is 0.226 e. The molecule has 0 aromatic heterocycles. The van der Waals surface area contributed by atoms with Crippen LogP contribution in [-0.4, -0.2) is 43.0 Å². The van der Waals surface area contributed by atoms with Crippen molar-refractivity contribution in [1.29, 1.82) is 0 Å². The fraction of sp³-hybridized carbons (Fsp3) is 0.923. The average molecular weight is 239 g/mol. The summed E-state index contributed by atoms with van der Waals surface area (Å²) in [7, 11) is 1.96. The van der Waals surface area contributed by atoms with Gasteiger partial charge < -0.3 is 16.0 Å². The summed E-state index contributed by atoms with van der Waals surface area (Å²) in [5.74, 6) is 0.550. The largest absolute Gasteiger partial charge is 0.338 e. The highest BCUT2D eigenvalue weighted by atomic mass is 16.2. The number of nitrogens with one attached hydrogen (secondary N) is 1. The van der Waals surface area contributed by atoms with Gasteiger partial charge in [-0.05, 0) is 39.2 Å². The van der Waals surface area contributed by atoms with Crippen molar-refractivity contribution in [3.05, 3.63) is 0 Å². The molecule has 2 fully saturated rings. The number of nitrogens with two attached hydrogens (primary N) is 1. The molecule has 4 nitrogen and oxygen atoms in total. The SMILES string of the molecule is CNCC1CCCN1C(=O)C1CCCC(N)C1. The first-order valence-electron chi connectivity index (χ1n) is 6.93. The fourth-order valence-corrected chi connectivity index (χ4v) is 3.26. The molecule has 4 heteroatoms. The van der Waals surface area contributed by atoms with Gasteiger partial charge in [0, 0.05) is 31.1 Å². The number of rotatable bonds is 3. The van der Waals surface area contributed by atoms with Crippen molar-refractivity contribution in [2.45, 2.75) is 50.6 Å². The molecular formula is C13H25N3O. The van der Waals surface area contributed by atoms with Crippen LogP contribution in [0.4, 0.5) is 0 Å². The van der Waals surface area contributed by atoms with Crippen LogP contribution in [0.5, 0.6) is 0 Å². The Labute approximate surface area is 104 Å². The predicted molar refractivity (Wildman–Crippen MR) is 68.6 cm³/mol. The summed E-state index contributed by atoms with van der Waals surface area (Å²) in [5, 5.41) is 3.19. The first-order chi connectivity index (χ1) is 8.22. The van der Waals surface area contributed by atoms with Crippen LogP contribution in [0.25, 0.3) is 0 Å². The predicted octanol–water partition coefficient (Wildman–Crippen LogP) is 0.714. The third-order valence-corrected chi connectivity index (χ3v) is 4.16. The minimum Gasteiger partial charge on any atom is -0.338 e. The number of amides is 1. The summed E-state index contributed by atoms with van der Waals surface area (Å²) in [5.41, 5.74) is 5.97. The van der Waals surface area contributed by atoms with E-state index in [1.165, 1.54) is 0 Å². The highest BCUT2D eigenvalue weighted by Gasteiger charge is 2.34. The van der Waals surface area contributed by atoms with E-state index in [-0.39, 0.29) is 12.0 Å². The smallest absolute Gasteiger partial charge is 0.226 e. The third-order valence-electron chi connectivity index (χ3n) is 4.16. The van der Waals surface area contributed by atoms with Crippen molar-refractivity contribution in [3.8, 4) is 0 Å². The van der Waals surface area contributed by atoms with E-state index < -0.39 is 0 Å². The molecule has 3 N–H and O–H groups in total. The number of nitrogens with zero attached hydrogens (tertiary/aromatic N) is 1. The molecule has 1 heterocycles. The van der Waals surface area contributed by atoms with Gasteiger partial charge >= 0.3 is 0 Å². The van der Waals surface area contributed by atoms with E-state index in [1.54, 1.807) is 0 Å². The number of carbonyl (C=O) groups excluding carboxylic acids is 1. The molecular weight excluding hydrogens is 214 g/mol. The third kappa shape index (κ3) is 2.99. The molecule has 0 bridgehead atoms. The summed E-state index contributed by atoms with van der Waals surface area (Å²) in [4.78, 5) is 14.6. The van der Waals surface area contributed by atoms with Crippen LogP contribution in [0.3, 0.4) is 0 Å². The zero-order chi connectivity index (χ0) is 12.3. The fourth-order valence-electron chi connectivity index (χ4n) is 3.26. The van der Waals surface area contributed by atoms with Gasteiger partial charge in [0.25, 0.3) is 0 Å². The zero-order valence-corrected chi connectivity index (χ0v) is 10.8. The molecule has 98 valence electrons. The second kappa shape index (κ2) is 5.83. The molecule has 1 aliphatic carbocycles. The molecule has 0 aromatic carbocycles. The molecule has 1 aliphatic heterocycles. The summed E-state index contributed by atoms with van der Waals surface area (Å²) < 4.78 is 0. The van der Waals surface area contributed by atoms with Gasteiger partial charge in [-0.3, -0.25) is 4.79 Å². The van der Waals surface area contributed by atoms with Crippen LogP contribution >= 0.6 is 0 Å². The Balaban J connectivity index is 1.93. The summed E-state index contributed by atoms with van der Waals surface area (Å²) in [6.07, 6.45) is 6.42. The van der Waals surface area contributed by atoms with E-state index in [1.807, 2.05) is 7.05 Å². The van der Waals surface area contributed by atoms with Crippen LogP contribution in [0.2, 0.25) is 0 Å². The highest BCUT2D eigenvalue weighted by Crippen LogP contribution is 2.28. The second-order valence-corrected chi connectivity index (χ2v) is 5.51. The normalized spacial score (nSPS) is 34.0. The minimum absolute atomic E-state index is 0.191. The van der Waals surface area contributed by atoms with Crippen molar-refractivity contribution in [1.82, 2.24) is 10.2 Å². The van der Waals surface area contributed by atoms with Gasteiger partial charge in [-0.25, -0.2) is 0 Å². The van der Waals surface area contributed by atoms with Crippen molar-refractivity contribution in [2.24, 2.45) is 11.7 Å². The lowest BCUT2D eigenvalue weighted by Crippen LogP contribution is -2.45. The molecule has 3 unspecified atom stereocenters. The quantitative estimate of drug-likeness (QED) is 0.763. The number of carbonyl (C=O) groups is 1. The van der Waals surface area contributed by atoms with E-state index in [4.69, 9.17) is 5.73 Å². The average Bonchev–Trinajstić information content (AvgIpc) is 2.77. The molecule has 1 saturated heterocycles. The first-order valence-corrected chi connectivity index (χ1v) is 6.93. The van der Waals surface area contributed by atoms with Crippen LogP contribution in [0.1, 0.15) is 38.5 Å². The van der Waals surface area contributed by atoms with Gasteiger partial charge in [-0.15, -0.1) is 0 Å². The molecule has 17 heavy (non-hydrogen) atoms. The van der Waals surface area contributed by atoms with Gasteiger partial charge in [0.05, 0.1) is 0 Å². The van der Waals surface area contributed by atoms with Gasteiger partial charge in [-0.1, -0.05) is 6.42 Å². The Morgan fingerprint density at radius 1 is 1.35 bits per heavy atom. The molecule has 1 saturated carbocycles. The molecule has 0 spiro atoms. The Bertz CT molecular complexity index is 269. The van der Waals surface area contributed by atoms with Crippen molar-refractivity contribution in [3.63, 3.8) is 0 Å². The lowest BCUT2D eigenvalue weighted by Gasteiger charge is -2.32. The molecule has 3 atom stereocenters. The lowest BCUT2D eigenvalue weighted by atomic mass is 9.85. The number of hydrogen-bond acceptors (Lipinski definition) is 3. The van der Waals surface area contributed by atoms with Crippen molar-refractivity contribution >= 4 is 5.91 Å². The number of likely N-dealkylation sites (N-methyl/N-ethyl adjacent to an activating group) is 1. The molecule has 0 radical (unpaired) electrons. The van der Waals surface area contributed by atoms with Crippen LogP contribution in [0, 0.1) is 5.92 Å². The minimum atomic E-state index is 0.191. The van der Waals surface area contributed by atoms with Crippen LogP contribution in [0.15, 0.2) is 0 Å². The Morgan fingerprint density at radius 3 is 2.88 bits per heavy atom. The van der Waals surface area contributed by atoms with Gasteiger partial charge in [0.2, 0.25) is 5.91 Å². The standard InChI is InChI=1S/C13H25N3O/c1-15-9-12-6-3-7-16(12)13(17)10-4-2-5-11(14)8-10/h10-12,15H,2-9,14H2,1H3. The molecule has 0 aromatic rings. The maximum atomic E-state index is 12.5. The lowest BCUT2D eigenvalue weighted by molar-refractivity contribution is -0.137. The van der Waals surface area contributed by atoms with Gasteiger partial charge in [0.1, 0.15) is 0 Å². The Morgan fingerprint density at radius 2 is 2.18 bits per heavy atom. The van der Waals surface area contributed by atoms with E-state index in [2.05, 4.69) is 10.2 Å². The molecule has 2 rings (SSSR count). The number of likely N-dealkylation sites (tertiary alicyclic amines) is 1. The number of hydrogen-bond donors (Lipinski definition) is 2. The van der Waals surface area contributed by atoms with Crippen molar-refractivity contribution < 1.29 is 4.79 Å². The molecule has 1 amide bonds. The second-order valence-electron chi connectivity index (χ2n) is 5.51. The van der Waals surface area contributed by atoms with Gasteiger partial charge in [0.15, 0.2) is 0 Å². The van der Waals surface area contributed by atoms with Crippen LogP contribution in [-0.2, 0) is 4.79 Å². The van der Waals surface area contributed by atoms with E-state index in [0.717, 1.165) is 51.6 Å². The van der Waals surface area contributed by atoms with E-state index in [9.17, 15) is 4.79 Å². The Kier molecular flexibility index (Phi) is 4.40. The van der Waals surface area contributed by atoms with Gasteiger partial charge in [-0.2, -0.15) is 0 Å². The van der Waals surface area contributed by atoms with E-state index in [0.29, 0.717) is 11.9 Å². The summed E-state index contributed by atoms with van der Waals surface area (Å²) >= 11 is 0. The molecule has 2 aliphatic rings. The topological polar surface area (TPSA) is 58.4 Å². The first kappa shape index (κ1) is 12.8. The summed E-state index contributed by atoms with van der Waals surface area (Å²) in [6, 6.07) is 0.647. The highest BCUT2D eigenvalue weighted by molar-refractivity contribution is 5.79. The maximum absolute atomic E-state index is 12.5. The summed E-state index contributed by atoms with van der Waals surface area (Å²) in [6.45, 7) is 1.86. The Hall–Kier alpha value is -0.610.